The van der Waals surface area contributed by atoms with Crippen molar-refractivity contribution in [1.29, 1.82) is 0 Å². The van der Waals surface area contributed by atoms with E-state index in [1.165, 1.54) is 6.33 Å². The highest BCUT2D eigenvalue weighted by atomic mass is 127. The summed E-state index contributed by atoms with van der Waals surface area (Å²) in [5, 5.41) is 0. The van der Waals surface area contributed by atoms with Crippen LogP contribution >= 0.6 is 22.6 Å². The highest BCUT2D eigenvalue weighted by Crippen LogP contribution is 2.30. The van der Waals surface area contributed by atoms with E-state index in [0.29, 0.717) is 29.8 Å². The Morgan fingerprint density at radius 1 is 1.26 bits per heavy atom. The summed E-state index contributed by atoms with van der Waals surface area (Å²) < 4.78 is 12.2. The van der Waals surface area contributed by atoms with Gasteiger partial charge in [-0.15, -0.1) is 0 Å². The van der Waals surface area contributed by atoms with Gasteiger partial charge >= 0.3 is 0 Å². The highest BCUT2D eigenvalue weighted by molar-refractivity contribution is 14.1. The van der Waals surface area contributed by atoms with Crippen molar-refractivity contribution >= 4 is 28.3 Å². The predicted octanol–water partition coefficient (Wildman–Crippen LogP) is 3.24. The molecule has 0 aliphatic rings. The number of nitrogens with zero attached hydrogens (tertiary/aromatic N) is 2. The van der Waals surface area contributed by atoms with Crippen LogP contribution in [0, 0.1) is 3.57 Å². The summed E-state index contributed by atoms with van der Waals surface area (Å²) in [5.74, 6) is 1.35. The van der Waals surface area contributed by atoms with Gasteiger partial charge < -0.3 is 15.2 Å². The maximum Gasteiger partial charge on any atom is 0.249 e. The van der Waals surface area contributed by atoms with Crippen molar-refractivity contribution in [3.8, 4) is 17.5 Å². The number of aromatic nitrogens is 2. The third kappa shape index (κ3) is 3.69. The fraction of sp³-hybridized carbons (Fsp3) is 0.231. The number of nitrogen functional groups attached to an aromatic ring is 1. The second kappa shape index (κ2) is 6.55. The van der Waals surface area contributed by atoms with E-state index in [0.717, 1.165) is 9.99 Å². The first kappa shape index (κ1) is 13.9. The van der Waals surface area contributed by atoms with Crippen LogP contribution in [0.3, 0.4) is 0 Å². The molecule has 0 saturated carbocycles. The Labute approximate surface area is 125 Å². The lowest BCUT2D eigenvalue weighted by atomic mass is 10.3. The van der Waals surface area contributed by atoms with Gasteiger partial charge in [0.15, 0.2) is 5.69 Å². The van der Waals surface area contributed by atoms with Crippen LogP contribution in [-0.2, 0) is 0 Å². The molecule has 0 radical (unpaired) electrons. The van der Waals surface area contributed by atoms with E-state index >= 15 is 0 Å². The lowest BCUT2D eigenvalue weighted by Gasteiger charge is -2.10. The summed E-state index contributed by atoms with van der Waals surface area (Å²) in [6, 6.07) is 7.63. The Kier molecular flexibility index (Phi) is 4.78. The summed E-state index contributed by atoms with van der Waals surface area (Å²) in [4.78, 5) is 8.03. The Hall–Kier alpha value is -1.57. The molecule has 2 aromatic rings. The van der Waals surface area contributed by atoms with Gasteiger partial charge in [-0.25, -0.2) is 0 Å². The monoisotopic (exact) mass is 371 g/mol. The Balaban J connectivity index is 2.20. The van der Waals surface area contributed by atoms with Crippen LogP contribution < -0.4 is 15.2 Å². The van der Waals surface area contributed by atoms with Gasteiger partial charge in [0, 0.05) is 3.57 Å². The molecule has 0 saturated heterocycles. The molecule has 0 unspecified atom stereocenters. The van der Waals surface area contributed by atoms with Gasteiger partial charge in [0.2, 0.25) is 11.8 Å². The van der Waals surface area contributed by atoms with Gasteiger partial charge in [0.1, 0.15) is 12.1 Å². The normalized spacial score (nSPS) is 10.2. The Bertz CT molecular complexity index is 563. The van der Waals surface area contributed by atoms with E-state index in [-0.39, 0.29) is 0 Å². The molecule has 0 amide bonds. The Morgan fingerprint density at radius 2 is 2.05 bits per heavy atom. The first-order chi connectivity index (χ1) is 9.20. The first-order valence-corrected chi connectivity index (χ1v) is 6.95. The van der Waals surface area contributed by atoms with Gasteiger partial charge in [-0.3, -0.25) is 0 Å². The van der Waals surface area contributed by atoms with Crippen molar-refractivity contribution in [3.63, 3.8) is 0 Å². The number of rotatable bonds is 5. The van der Waals surface area contributed by atoms with Crippen molar-refractivity contribution in [2.75, 3.05) is 12.3 Å². The van der Waals surface area contributed by atoms with Gasteiger partial charge in [-0.2, -0.15) is 9.97 Å². The number of ether oxygens (including phenoxy) is 2. The summed E-state index contributed by atoms with van der Waals surface area (Å²) >= 11 is 2.21. The molecule has 0 aliphatic heterocycles. The molecule has 0 atom stereocenters. The van der Waals surface area contributed by atoms with Crippen LogP contribution in [0.15, 0.2) is 30.6 Å². The molecule has 0 spiro atoms. The quantitative estimate of drug-likeness (QED) is 0.818. The average Bonchev–Trinajstić information content (AvgIpc) is 2.40. The van der Waals surface area contributed by atoms with Crippen LogP contribution in [0.4, 0.5) is 5.69 Å². The Morgan fingerprint density at radius 3 is 2.79 bits per heavy atom. The number of benzene rings is 1. The molecule has 6 heteroatoms. The van der Waals surface area contributed by atoms with Crippen molar-refractivity contribution < 1.29 is 9.47 Å². The third-order valence-electron chi connectivity index (χ3n) is 2.26. The molecule has 5 nitrogen and oxygen atoms in total. The topological polar surface area (TPSA) is 70.3 Å². The van der Waals surface area contributed by atoms with E-state index in [1.54, 1.807) is 0 Å². The number of halogens is 1. The maximum atomic E-state index is 5.93. The number of anilines is 1. The largest absolute Gasteiger partial charge is 0.476 e. The third-order valence-corrected chi connectivity index (χ3v) is 2.94. The molecular weight excluding hydrogens is 357 g/mol. The standard InChI is InChI=1S/C13H14IN3O2/c1-2-6-18-12-11(15)13(17-8-16-12)19-10-5-3-4-9(14)7-10/h3-5,7-8H,2,6,15H2,1H3. The summed E-state index contributed by atoms with van der Waals surface area (Å²) in [5.41, 5.74) is 6.25. The van der Waals surface area contributed by atoms with Crippen LogP contribution in [0.25, 0.3) is 0 Å². The SMILES string of the molecule is CCCOc1ncnc(Oc2cccc(I)c2)c1N. The molecule has 2 N–H and O–H groups in total. The summed E-state index contributed by atoms with van der Waals surface area (Å²) in [7, 11) is 0. The van der Waals surface area contributed by atoms with Gasteiger partial charge in [-0.1, -0.05) is 13.0 Å². The maximum absolute atomic E-state index is 5.93. The van der Waals surface area contributed by atoms with Gasteiger partial charge in [0.25, 0.3) is 0 Å². The summed E-state index contributed by atoms with van der Waals surface area (Å²) in [6.07, 6.45) is 2.26. The van der Waals surface area contributed by atoms with Crippen molar-refractivity contribution in [1.82, 2.24) is 9.97 Å². The molecule has 19 heavy (non-hydrogen) atoms. The zero-order valence-electron chi connectivity index (χ0n) is 10.5. The molecule has 2 rings (SSSR count). The van der Waals surface area contributed by atoms with Crippen LogP contribution in [0.1, 0.15) is 13.3 Å². The number of hydrogen-bond acceptors (Lipinski definition) is 5. The second-order valence-corrected chi connectivity index (χ2v) is 5.05. The lowest BCUT2D eigenvalue weighted by molar-refractivity contribution is 0.304. The molecule has 100 valence electrons. The molecule has 0 bridgehead atoms. The predicted molar refractivity (Wildman–Crippen MR) is 81.5 cm³/mol. The lowest BCUT2D eigenvalue weighted by Crippen LogP contribution is -2.04. The molecule has 1 aromatic heterocycles. The minimum absolute atomic E-state index is 0.308. The van der Waals surface area contributed by atoms with Crippen LogP contribution in [0.5, 0.6) is 17.5 Å². The zero-order chi connectivity index (χ0) is 13.7. The van der Waals surface area contributed by atoms with Crippen LogP contribution in [0.2, 0.25) is 0 Å². The van der Waals surface area contributed by atoms with Gasteiger partial charge in [-0.05, 0) is 47.2 Å². The average molecular weight is 371 g/mol. The van der Waals surface area contributed by atoms with E-state index < -0.39 is 0 Å². The molecular formula is C13H14IN3O2. The number of nitrogens with two attached hydrogens (primary N) is 1. The van der Waals surface area contributed by atoms with Crippen molar-refractivity contribution in [3.05, 3.63) is 34.2 Å². The van der Waals surface area contributed by atoms with Crippen molar-refractivity contribution in [2.24, 2.45) is 0 Å². The minimum Gasteiger partial charge on any atom is -0.476 e. The van der Waals surface area contributed by atoms with E-state index in [2.05, 4.69) is 32.6 Å². The minimum atomic E-state index is 0.308. The van der Waals surface area contributed by atoms with E-state index in [1.807, 2.05) is 31.2 Å². The molecule has 1 aromatic carbocycles. The van der Waals surface area contributed by atoms with Gasteiger partial charge in [0.05, 0.1) is 6.61 Å². The molecule has 0 aliphatic carbocycles. The zero-order valence-corrected chi connectivity index (χ0v) is 12.6. The smallest absolute Gasteiger partial charge is 0.249 e. The highest BCUT2D eigenvalue weighted by Gasteiger charge is 2.11. The fourth-order valence-electron chi connectivity index (χ4n) is 1.40. The number of hydrogen-bond donors (Lipinski definition) is 1. The van der Waals surface area contributed by atoms with Crippen molar-refractivity contribution in [2.45, 2.75) is 13.3 Å². The van der Waals surface area contributed by atoms with E-state index in [4.69, 9.17) is 15.2 Å². The van der Waals surface area contributed by atoms with E-state index in [9.17, 15) is 0 Å². The van der Waals surface area contributed by atoms with Crippen LogP contribution in [-0.4, -0.2) is 16.6 Å². The molecule has 1 heterocycles. The molecule has 0 fully saturated rings. The second-order valence-electron chi connectivity index (χ2n) is 3.81. The fourth-order valence-corrected chi connectivity index (χ4v) is 1.92. The first-order valence-electron chi connectivity index (χ1n) is 5.87. The summed E-state index contributed by atoms with van der Waals surface area (Å²) in [6.45, 7) is 2.57.